The van der Waals surface area contributed by atoms with E-state index in [1.54, 1.807) is 12.3 Å². The molecule has 1 atom stereocenters. The Bertz CT molecular complexity index is 340. The predicted octanol–water partition coefficient (Wildman–Crippen LogP) is 1.96. The topological polar surface area (TPSA) is 54.4 Å². The van der Waals surface area contributed by atoms with Crippen molar-refractivity contribution in [1.29, 1.82) is 0 Å². The van der Waals surface area contributed by atoms with E-state index in [9.17, 15) is 9.59 Å². The molecule has 1 N–H and O–H groups in total. The van der Waals surface area contributed by atoms with E-state index >= 15 is 0 Å². The molecule has 1 heterocycles. The Morgan fingerprint density at radius 1 is 1.54 bits per heavy atom. The number of ketones is 1. The van der Waals surface area contributed by atoms with Crippen LogP contribution in [-0.2, 0) is 4.79 Å². The van der Waals surface area contributed by atoms with Gasteiger partial charge in [-0.15, -0.1) is 11.3 Å². The molecule has 1 rings (SSSR count). The third kappa shape index (κ3) is 1.95. The van der Waals surface area contributed by atoms with Crippen LogP contribution in [0.5, 0.6) is 0 Å². The summed E-state index contributed by atoms with van der Waals surface area (Å²) < 4.78 is 0. The number of carbonyl (C=O) groups excluding carboxylic acids is 1. The molecule has 0 aliphatic rings. The highest BCUT2D eigenvalue weighted by molar-refractivity contribution is 7.12. The van der Waals surface area contributed by atoms with Gasteiger partial charge in [-0.05, 0) is 30.9 Å². The van der Waals surface area contributed by atoms with Crippen molar-refractivity contribution in [1.82, 2.24) is 0 Å². The quantitative estimate of drug-likeness (QED) is 0.596. The summed E-state index contributed by atoms with van der Waals surface area (Å²) in [5.74, 6) is -2.32. The van der Waals surface area contributed by atoms with Gasteiger partial charge in [-0.25, -0.2) is 0 Å². The van der Waals surface area contributed by atoms with Crippen LogP contribution in [0.4, 0.5) is 0 Å². The number of aryl methyl sites for hydroxylation is 1. The highest BCUT2D eigenvalue weighted by Gasteiger charge is 2.23. The Morgan fingerprint density at radius 2 is 2.15 bits per heavy atom. The minimum absolute atomic E-state index is 0.306. The molecule has 0 saturated carbocycles. The molecule has 0 radical (unpaired) electrons. The second kappa shape index (κ2) is 3.70. The fraction of sp³-hybridized carbons (Fsp3) is 0.333. The van der Waals surface area contributed by atoms with Gasteiger partial charge in [0.1, 0.15) is 5.92 Å². The highest BCUT2D eigenvalue weighted by atomic mass is 32.1. The molecule has 1 aromatic rings. The Labute approximate surface area is 80.0 Å². The lowest BCUT2D eigenvalue weighted by Gasteiger charge is -2.03. The number of thiophene rings is 1. The van der Waals surface area contributed by atoms with E-state index in [0.717, 1.165) is 5.56 Å². The zero-order chi connectivity index (χ0) is 10.0. The summed E-state index contributed by atoms with van der Waals surface area (Å²) in [6.07, 6.45) is 0. The first kappa shape index (κ1) is 9.92. The first-order valence-electron chi connectivity index (χ1n) is 3.85. The van der Waals surface area contributed by atoms with Gasteiger partial charge < -0.3 is 5.11 Å². The largest absolute Gasteiger partial charge is 0.481 e. The average Bonchev–Trinajstić information content (AvgIpc) is 2.48. The van der Waals surface area contributed by atoms with Gasteiger partial charge in [0.25, 0.3) is 0 Å². The van der Waals surface area contributed by atoms with Gasteiger partial charge in [-0.2, -0.15) is 0 Å². The van der Waals surface area contributed by atoms with Crippen LogP contribution >= 0.6 is 11.3 Å². The summed E-state index contributed by atoms with van der Waals surface area (Å²) in [6, 6.07) is 1.81. The minimum atomic E-state index is -1.07. The normalized spacial score (nSPS) is 12.5. The van der Waals surface area contributed by atoms with Crippen molar-refractivity contribution >= 4 is 23.1 Å². The first-order valence-corrected chi connectivity index (χ1v) is 4.73. The second-order valence-corrected chi connectivity index (χ2v) is 3.77. The maximum Gasteiger partial charge on any atom is 0.314 e. The smallest absolute Gasteiger partial charge is 0.314 e. The Hall–Kier alpha value is -1.16. The van der Waals surface area contributed by atoms with Crippen molar-refractivity contribution in [3.05, 3.63) is 21.9 Å². The summed E-state index contributed by atoms with van der Waals surface area (Å²) >= 11 is 1.29. The molecular weight excluding hydrogens is 188 g/mol. The molecule has 1 unspecified atom stereocenters. The molecule has 3 nitrogen and oxygen atoms in total. The number of Topliss-reactive ketones (excluding diaryl/α,β-unsaturated/α-hetero) is 1. The maximum absolute atomic E-state index is 11.5. The second-order valence-electron chi connectivity index (χ2n) is 2.86. The first-order chi connectivity index (χ1) is 6.04. The number of carboxylic acid groups (broad SMARTS) is 1. The van der Waals surface area contributed by atoms with Gasteiger partial charge in [-0.1, -0.05) is 0 Å². The van der Waals surface area contributed by atoms with Crippen LogP contribution in [0.25, 0.3) is 0 Å². The van der Waals surface area contributed by atoms with Crippen molar-refractivity contribution < 1.29 is 14.7 Å². The third-order valence-electron chi connectivity index (χ3n) is 1.85. The standard InChI is InChI=1S/C9H10O3S/c1-5-3-4-13-8(5)7(10)6(2)9(11)12/h3-4,6H,1-2H3,(H,11,12). The van der Waals surface area contributed by atoms with Crippen LogP contribution in [0.2, 0.25) is 0 Å². The zero-order valence-electron chi connectivity index (χ0n) is 7.40. The van der Waals surface area contributed by atoms with Crippen LogP contribution < -0.4 is 0 Å². The fourth-order valence-corrected chi connectivity index (χ4v) is 1.89. The lowest BCUT2D eigenvalue weighted by atomic mass is 10.0. The number of carbonyl (C=O) groups is 2. The number of rotatable bonds is 3. The molecule has 0 aliphatic heterocycles. The molecule has 0 amide bonds. The summed E-state index contributed by atoms with van der Waals surface area (Å²) in [7, 11) is 0. The molecule has 0 saturated heterocycles. The third-order valence-corrected chi connectivity index (χ3v) is 2.88. The summed E-state index contributed by atoms with van der Waals surface area (Å²) in [5, 5.41) is 10.4. The van der Waals surface area contributed by atoms with Crippen LogP contribution in [0.3, 0.4) is 0 Å². The van der Waals surface area contributed by atoms with Gasteiger partial charge in [0, 0.05) is 0 Å². The van der Waals surface area contributed by atoms with Gasteiger partial charge in [0.05, 0.1) is 4.88 Å². The van der Waals surface area contributed by atoms with Crippen LogP contribution in [0, 0.1) is 12.8 Å². The summed E-state index contributed by atoms with van der Waals surface area (Å²) in [6.45, 7) is 3.21. The molecule has 0 aromatic carbocycles. The molecule has 0 bridgehead atoms. The molecule has 0 spiro atoms. The fourth-order valence-electron chi connectivity index (χ4n) is 0.934. The summed E-state index contributed by atoms with van der Waals surface area (Å²) in [5.41, 5.74) is 0.850. The summed E-state index contributed by atoms with van der Waals surface area (Å²) in [4.78, 5) is 22.6. The van der Waals surface area contributed by atoms with Gasteiger partial charge in [0.2, 0.25) is 0 Å². The number of hydrogen-bond acceptors (Lipinski definition) is 3. The zero-order valence-corrected chi connectivity index (χ0v) is 8.22. The Kier molecular flexibility index (Phi) is 2.83. The Balaban J connectivity index is 2.92. The molecular formula is C9H10O3S. The van der Waals surface area contributed by atoms with E-state index in [0.29, 0.717) is 4.88 Å². The average molecular weight is 198 g/mol. The van der Waals surface area contributed by atoms with Crippen molar-refractivity contribution in [2.75, 3.05) is 0 Å². The molecule has 70 valence electrons. The predicted molar refractivity (Wildman–Crippen MR) is 50.2 cm³/mol. The van der Waals surface area contributed by atoms with Gasteiger partial charge in [0.15, 0.2) is 5.78 Å². The number of aliphatic carboxylic acids is 1. The van der Waals surface area contributed by atoms with E-state index in [1.165, 1.54) is 18.3 Å². The van der Waals surface area contributed by atoms with Crippen molar-refractivity contribution in [2.24, 2.45) is 5.92 Å². The Morgan fingerprint density at radius 3 is 2.54 bits per heavy atom. The van der Waals surface area contributed by atoms with Crippen LogP contribution in [0.1, 0.15) is 22.2 Å². The molecule has 13 heavy (non-hydrogen) atoms. The monoisotopic (exact) mass is 198 g/mol. The maximum atomic E-state index is 11.5. The number of carboxylic acids is 1. The van der Waals surface area contributed by atoms with E-state index in [2.05, 4.69) is 0 Å². The minimum Gasteiger partial charge on any atom is -0.481 e. The van der Waals surface area contributed by atoms with Crippen LogP contribution in [-0.4, -0.2) is 16.9 Å². The van der Waals surface area contributed by atoms with Crippen molar-refractivity contribution in [3.63, 3.8) is 0 Å². The van der Waals surface area contributed by atoms with Crippen molar-refractivity contribution in [3.8, 4) is 0 Å². The molecule has 4 heteroatoms. The van der Waals surface area contributed by atoms with E-state index in [-0.39, 0.29) is 5.78 Å². The number of hydrogen-bond donors (Lipinski definition) is 1. The molecule has 0 fully saturated rings. The van der Waals surface area contributed by atoms with Gasteiger partial charge in [-0.3, -0.25) is 9.59 Å². The SMILES string of the molecule is Cc1ccsc1C(=O)C(C)C(=O)O. The van der Waals surface area contributed by atoms with Crippen LogP contribution in [0.15, 0.2) is 11.4 Å². The van der Waals surface area contributed by atoms with E-state index < -0.39 is 11.9 Å². The molecule has 0 aliphatic carbocycles. The van der Waals surface area contributed by atoms with E-state index in [4.69, 9.17) is 5.11 Å². The molecule has 1 aromatic heterocycles. The van der Waals surface area contributed by atoms with Crippen molar-refractivity contribution in [2.45, 2.75) is 13.8 Å². The lowest BCUT2D eigenvalue weighted by Crippen LogP contribution is -2.20. The lowest BCUT2D eigenvalue weighted by molar-refractivity contribution is -0.139. The van der Waals surface area contributed by atoms with E-state index in [1.807, 2.05) is 6.07 Å². The van der Waals surface area contributed by atoms with Gasteiger partial charge >= 0.3 is 5.97 Å². The highest BCUT2D eigenvalue weighted by Crippen LogP contribution is 2.19.